The molecule has 4 nitrogen and oxygen atoms in total. The van der Waals surface area contributed by atoms with Gasteiger partial charge in [0, 0.05) is 18.4 Å². The molecular formula is C13H12FNO3. The lowest BCUT2D eigenvalue weighted by Crippen LogP contribution is -2.04. The standard InChI is InChI=1S/C13H12FNO3/c1-18-13(17)4-2-3-12(16)9-5-6-11(14)10(7-9)8-15/h5-7H,2-4H2,1H3. The summed E-state index contributed by atoms with van der Waals surface area (Å²) in [6, 6.07) is 5.31. The van der Waals surface area contributed by atoms with Crippen LogP contribution in [0.15, 0.2) is 18.2 Å². The molecule has 0 spiro atoms. The third-order valence-electron chi connectivity index (χ3n) is 2.42. The Hall–Kier alpha value is -2.22. The highest BCUT2D eigenvalue weighted by atomic mass is 19.1. The van der Waals surface area contributed by atoms with Crippen LogP contribution in [0.5, 0.6) is 0 Å². The average Bonchev–Trinajstić information content (AvgIpc) is 2.38. The van der Waals surface area contributed by atoms with E-state index in [1.54, 1.807) is 6.07 Å². The van der Waals surface area contributed by atoms with Gasteiger partial charge >= 0.3 is 5.97 Å². The molecule has 18 heavy (non-hydrogen) atoms. The van der Waals surface area contributed by atoms with Gasteiger partial charge in [-0.2, -0.15) is 5.26 Å². The number of benzene rings is 1. The van der Waals surface area contributed by atoms with Crippen LogP contribution < -0.4 is 0 Å². The third-order valence-corrected chi connectivity index (χ3v) is 2.42. The van der Waals surface area contributed by atoms with E-state index >= 15 is 0 Å². The Morgan fingerprint density at radius 3 is 2.72 bits per heavy atom. The first kappa shape index (κ1) is 13.8. The molecule has 0 aliphatic carbocycles. The normalized spacial score (nSPS) is 9.61. The maximum atomic E-state index is 13.0. The second kappa shape index (κ2) is 6.50. The maximum absolute atomic E-state index is 13.0. The number of carbonyl (C=O) groups is 2. The molecule has 0 saturated heterocycles. The van der Waals surface area contributed by atoms with E-state index < -0.39 is 5.82 Å². The van der Waals surface area contributed by atoms with E-state index in [9.17, 15) is 14.0 Å². The Balaban J connectivity index is 2.62. The molecule has 0 saturated carbocycles. The van der Waals surface area contributed by atoms with Crippen LogP contribution in [-0.4, -0.2) is 18.9 Å². The Labute approximate surface area is 104 Å². The largest absolute Gasteiger partial charge is 0.469 e. The lowest BCUT2D eigenvalue weighted by molar-refractivity contribution is -0.140. The molecule has 0 atom stereocenters. The van der Waals surface area contributed by atoms with E-state index in [2.05, 4.69) is 4.74 Å². The second-order valence-electron chi connectivity index (χ2n) is 3.66. The monoisotopic (exact) mass is 249 g/mol. The van der Waals surface area contributed by atoms with E-state index in [-0.39, 0.29) is 35.7 Å². The molecule has 0 heterocycles. The number of rotatable bonds is 5. The van der Waals surface area contributed by atoms with Gasteiger partial charge in [0.25, 0.3) is 0 Å². The molecule has 0 aliphatic heterocycles. The van der Waals surface area contributed by atoms with Gasteiger partial charge in [-0.25, -0.2) is 4.39 Å². The van der Waals surface area contributed by atoms with Crippen molar-refractivity contribution < 1.29 is 18.7 Å². The topological polar surface area (TPSA) is 67.2 Å². The molecule has 0 aliphatic rings. The van der Waals surface area contributed by atoms with Crippen LogP contribution in [0, 0.1) is 17.1 Å². The van der Waals surface area contributed by atoms with Gasteiger partial charge in [-0.3, -0.25) is 9.59 Å². The van der Waals surface area contributed by atoms with Crippen molar-refractivity contribution in [2.45, 2.75) is 19.3 Å². The summed E-state index contributed by atoms with van der Waals surface area (Å²) >= 11 is 0. The van der Waals surface area contributed by atoms with Crippen molar-refractivity contribution in [3.05, 3.63) is 35.1 Å². The van der Waals surface area contributed by atoms with Gasteiger partial charge in [0.1, 0.15) is 11.9 Å². The number of nitrogens with zero attached hydrogens (tertiary/aromatic N) is 1. The highest BCUT2D eigenvalue weighted by molar-refractivity contribution is 5.96. The minimum absolute atomic E-state index is 0.158. The quantitative estimate of drug-likeness (QED) is 0.592. The summed E-state index contributed by atoms with van der Waals surface area (Å²) < 4.78 is 17.5. The van der Waals surface area contributed by atoms with Crippen LogP contribution in [0.2, 0.25) is 0 Å². The molecule has 5 heteroatoms. The molecule has 0 amide bonds. The van der Waals surface area contributed by atoms with Crippen LogP contribution in [0.25, 0.3) is 0 Å². The van der Waals surface area contributed by atoms with Crippen molar-refractivity contribution in [3.63, 3.8) is 0 Å². The lowest BCUT2D eigenvalue weighted by atomic mass is 10.0. The lowest BCUT2D eigenvalue weighted by Gasteiger charge is -2.02. The van der Waals surface area contributed by atoms with Gasteiger partial charge in [-0.15, -0.1) is 0 Å². The molecule has 1 aromatic rings. The molecule has 0 N–H and O–H groups in total. The van der Waals surface area contributed by atoms with Gasteiger partial charge in [-0.05, 0) is 24.6 Å². The van der Waals surface area contributed by atoms with Crippen LogP contribution in [0.1, 0.15) is 35.2 Å². The SMILES string of the molecule is COC(=O)CCCC(=O)c1ccc(F)c(C#N)c1. The van der Waals surface area contributed by atoms with Crippen LogP contribution >= 0.6 is 0 Å². The highest BCUT2D eigenvalue weighted by Crippen LogP contribution is 2.12. The van der Waals surface area contributed by atoms with Crippen molar-refractivity contribution in [3.8, 4) is 6.07 Å². The summed E-state index contributed by atoms with van der Waals surface area (Å²) in [7, 11) is 1.28. The molecule has 1 rings (SSSR count). The molecule has 0 aromatic heterocycles. The Kier molecular flexibility index (Phi) is 5.00. The maximum Gasteiger partial charge on any atom is 0.305 e. The van der Waals surface area contributed by atoms with E-state index in [1.807, 2.05) is 0 Å². The number of ether oxygens (including phenoxy) is 1. The summed E-state index contributed by atoms with van der Waals surface area (Å²) in [5, 5.41) is 8.64. The molecule has 0 fully saturated rings. The van der Waals surface area contributed by atoms with Crippen molar-refractivity contribution >= 4 is 11.8 Å². The van der Waals surface area contributed by atoms with Crippen molar-refractivity contribution in [2.75, 3.05) is 7.11 Å². The number of hydrogen-bond acceptors (Lipinski definition) is 4. The minimum atomic E-state index is -0.649. The zero-order chi connectivity index (χ0) is 13.5. The third kappa shape index (κ3) is 3.67. The molecule has 0 unspecified atom stereocenters. The fourth-order valence-electron chi connectivity index (χ4n) is 1.42. The molecule has 0 bridgehead atoms. The first-order valence-electron chi connectivity index (χ1n) is 5.38. The van der Waals surface area contributed by atoms with Crippen LogP contribution in [0.3, 0.4) is 0 Å². The number of carbonyl (C=O) groups excluding carboxylic acids is 2. The number of ketones is 1. The number of hydrogen-bond donors (Lipinski definition) is 0. The fraction of sp³-hybridized carbons (Fsp3) is 0.308. The van der Waals surface area contributed by atoms with E-state index in [0.29, 0.717) is 6.42 Å². The highest BCUT2D eigenvalue weighted by Gasteiger charge is 2.10. The molecular weight excluding hydrogens is 237 g/mol. The summed E-state index contributed by atoms with van der Waals surface area (Å²) in [6.45, 7) is 0. The number of esters is 1. The summed E-state index contributed by atoms with van der Waals surface area (Å²) in [5.41, 5.74) is 0.117. The van der Waals surface area contributed by atoms with Gasteiger partial charge < -0.3 is 4.74 Å². The van der Waals surface area contributed by atoms with Crippen molar-refractivity contribution in [1.29, 1.82) is 5.26 Å². The number of Topliss-reactive ketones (excluding diaryl/α,β-unsaturated/α-hetero) is 1. The van der Waals surface area contributed by atoms with Crippen molar-refractivity contribution in [1.82, 2.24) is 0 Å². The average molecular weight is 249 g/mol. The first-order chi connectivity index (χ1) is 8.58. The fourth-order valence-corrected chi connectivity index (χ4v) is 1.42. The minimum Gasteiger partial charge on any atom is -0.469 e. The zero-order valence-electron chi connectivity index (χ0n) is 9.90. The number of nitriles is 1. The first-order valence-corrected chi connectivity index (χ1v) is 5.38. The summed E-state index contributed by atoms with van der Waals surface area (Å²) in [5.74, 6) is -1.25. The molecule has 1 aromatic carbocycles. The van der Waals surface area contributed by atoms with Gasteiger partial charge in [0.2, 0.25) is 0 Å². The van der Waals surface area contributed by atoms with Gasteiger partial charge in [-0.1, -0.05) is 0 Å². The van der Waals surface area contributed by atoms with E-state index in [4.69, 9.17) is 5.26 Å². The Morgan fingerprint density at radius 2 is 2.11 bits per heavy atom. The molecule has 94 valence electrons. The van der Waals surface area contributed by atoms with Crippen molar-refractivity contribution in [2.24, 2.45) is 0 Å². The van der Waals surface area contributed by atoms with Gasteiger partial charge in [0.15, 0.2) is 5.78 Å². The van der Waals surface area contributed by atoms with E-state index in [1.165, 1.54) is 19.2 Å². The van der Waals surface area contributed by atoms with Crippen LogP contribution in [0.4, 0.5) is 4.39 Å². The number of methoxy groups -OCH3 is 1. The summed E-state index contributed by atoms with van der Waals surface area (Å²) in [6.07, 6.45) is 0.685. The number of halogens is 1. The van der Waals surface area contributed by atoms with E-state index in [0.717, 1.165) is 6.07 Å². The Bertz CT molecular complexity index is 505. The zero-order valence-corrected chi connectivity index (χ0v) is 9.90. The second-order valence-corrected chi connectivity index (χ2v) is 3.66. The smallest absolute Gasteiger partial charge is 0.305 e. The van der Waals surface area contributed by atoms with Crippen LogP contribution in [-0.2, 0) is 9.53 Å². The van der Waals surface area contributed by atoms with Gasteiger partial charge in [0.05, 0.1) is 12.7 Å². The predicted octanol–water partition coefficient (Wildman–Crippen LogP) is 2.22. The Morgan fingerprint density at radius 1 is 1.39 bits per heavy atom. The predicted molar refractivity (Wildman–Crippen MR) is 61.3 cm³/mol. The summed E-state index contributed by atoms with van der Waals surface area (Å²) in [4.78, 5) is 22.6. The molecule has 0 radical (unpaired) electrons.